The van der Waals surface area contributed by atoms with Gasteiger partial charge in [-0.1, -0.05) is 0 Å². The van der Waals surface area contributed by atoms with E-state index in [9.17, 15) is 0 Å². The molecule has 0 aromatic heterocycles. The fraction of sp³-hybridized carbons (Fsp3) is 0.833. The molecule has 1 nitrogen and oxygen atoms in total. The van der Waals surface area contributed by atoms with Gasteiger partial charge in [0.2, 0.25) is 0 Å². The van der Waals surface area contributed by atoms with Crippen LogP contribution in [0.5, 0.6) is 0 Å². The first-order chi connectivity index (χ1) is 3.95. The molecule has 0 rings (SSSR count). The fourth-order valence-electron chi connectivity index (χ4n) is 0.329. The zero-order valence-corrected chi connectivity index (χ0v) is 8.13. The van der Waals surface area contributed by atoms with Gasteiger partial charge in [0.1, 0.15) is 5.60 Å². The van der Waals surface area contributed by atoms with Crippen molar-refractivity contribution < 1.29 is 4.74 Å². The molecule has 0 saturated carbocycles. The molecule has 0 heterocycles. The Hall–Kier alpha value is 0.240. The summed E-state index contributed by atoms with van der Waals surface area (Å²) >= 11 is 5.51. The Balaban J connectivity index is 3.60. The molecule has 0 aromatic carbocycles. The second-order valence-corrected chi connectivity index (χ2v) is 4.44. The normalized spacial score (nSPS) is 13.3. The van der Waals surface area contributed by atoms with Gasteiger partial charge in [-0.05, 0) is 39.2 Å². The van der Waals surface area contributed by atoms with Crippen LogP contribution in [0.1, 0.15) is 20.8 Å². The van der Waals surface area contributed by atoms with Crippen LogP contribution < -0.4 is 0 Å². The molecular formula is C6H14OS2. The molecule has 0 radical (unpaired) electrons. The maximum Gasteiger partial charge on any atom is 0.197 e. The maximum absolute atomic E-state index is 5.33. The molecule has 56 valence electrons. The van der Waals surface area contributed by atoms with Gasteiger partial charge in [-0.25, -0.2) is 0 Å². The average molecular weight is 166 g/mol. The molecule has 0 spiro atoms. The largest absolute Gasteiger partial charge is 0.474 e. The number of thiocarbonyl (C=S) groups is 1. The van der Waals surface area contributed by atoms with E-state index in [1.807, 2.05) is 27.0 Å². The van der Waals surface area contributed by atoms with Crippen LogP contribution in [0.15, 0.2) is 0 Å². The van der Waals surface area contributed by atoms with Gasteiger partial charge >= 0.3 is 0 Å². The summed E-state index contributed by atoms with van der Waals surface area (Å²) in [5.41, 5.74) is -0.111. The minimum atomic E-state index is -0.111. The van der Waals surface area contributed by atoms with E-state index < -0.39 is 0 Å². The minimum absolute atomic E-state index is 0.111. The van der Waals surface area contributed by atoms with Gasteiger partial charge in [0.15, 0.2) is 4.38 Å². The summed E-state index contributed by atoms with van der Waals surface area (Å²) < 4.78 is 6.06. The Labute approximate surface area is 66.2 Å². The van der Waals surface area contributed by atoms with Gasteiger partial charge in [0.05, 0.1) is 0 Å². The molecule has 0 amide bonds. The van der Waals surface area contributed by atoms with E-state index in [1.165, 1.54) is 0 Å². The lowest BCUT2D eigenvalue weighted by Crippen LogP contribution is -2.20. The fourth-order valence-corrected chi connectivity index (χ4v) is 0.987. The van der Waals surface area contributed by atoms with Crippen LogP contribution in [-0.4, -0.2) is 16.2 Å². The molecule has 0 aromatic rings. The average Bonchev–Trinajstić information content (AvgIpc) is 1.62. The first kappa shape index (κ1) is 9.24. The second kappa shape index (κ2) is 3.42. The standard InChI is InChI=1S/C6H14OS2/c1-6(2,3)7-5(8)9-4/h9H2,1-4H3. The van der Waals surface area contributed by atoms with E-state index >= 15 is 0 Å². The summed E-state index contributed by atoms with van der Waals surface area (Å²) in [4.78, 5) is 0. The van der Waals surface area contributed by atoms with Gasteiger partial charge in [-0.15, -0.1) is 0 Å². The minimum Gasteiger partial charge on any atom is -0.474 e. The van der Waals surface area contributed by atoms with Crippen LogP contribution in [0.25, 0.3) is 0 Å². The SMILES string of the molecule is C[SH2]C(=S)OC(C)(C)C. The van der Waals surface area contributed by atoms with Crippen LogP contribution in [0.2, 0.25) is 0 Å². The van der Waals surface area contributed by atoms with Crippen LogP contribution in [0, 0.1) is 0 Å². The van der Waals surface area contributed by atoms with Crippen molar-refractivity contribution in [1.82, 2.24) is 0 Å². The second-order valence-electron chi connectivity index (χ2n) is 2.75. The van der Waals surface area contributed by atoms with E-state index in [0.717, 1.165) is 4.38 Å². The maximum atomic E-state index is 5.33. The van der Waals surface area contributed by atoms with Gasteiger partial charge in [-0.2, -0.15) is 11.8 Å². The van der Waals surface area contributed by atoms with E-state index in [2.05, 4.69) is 0 Å². The molecule has 0 aliphatic carbocycles. The topological polar surface area (TPSA) is 9.23 Å². The van der Waals surface area contributed by atoms with Crippen molar-refractivity contribution >= 4 is 28.4 Å². The van der Waals surface area contributed by atoms with Crippen LogP contribution >= 0.6 is 24.0 Å². The van der Waals surface area contributed by atoms with Crippen LogP contribution in [0.3, 0.4) is 0 Å². The lowest BCUT2D eigenvalue weighted by Gasteiger charge is -2.20. The Bertz CT molecular complexity index is 104. The number of hydrogen-bond acceptors (Lipinski definition) is 2. The first-order valence-electron chi connectivity index (χ1n) is 2.86. The third-order valence-electron chi connectivity index (χ3n) is 0.603. The molecular weight excluding hydrogens is 152 g/mol. The molecule has 0 saturated heterocycles. The zero-order valence-electron chi connectivity index (χ0n) is 6.32. The van der Waals surface area contributed by atoms with Gasteiger partial charge in [-0.3, -0.25) is 0 Å². The van der Waals surface area contributed by atoms with Crippen molar-refractivity contribution in [2.24, 2.45) is 0 Å². The summed E-state index contributed by atoms with van der Waals surface area (Å²) in [6.45, 7) is 6.00. The van der Waals surface area contributed by atoms with Crippen molar-refractivity contribution in [3.8, 4) is 0 Å². The number of ether oxygens (including phenoxy) is 1. The summed E-state index contributed by atoms with van der Waals surface area (Å²) in [7, 11) is 0. The molecule has 0 aliphatic heterocycles. The Morgan fingerprint density at radius 1 is 1.44 bits per heavy atom. The highest BCUT2D eigenvalue weighted by atomic mass is 32.2. The third kappa shape index (κ3) is 6.12. The summed E-state index contributed by atoms with van der Waals surface area (Å²) in [6.07, 6.45) is 2.02. The number of hydrogen-bond donors (Lipinski definition) is 0. The molecule has 0 bridgehead atoms. The van der Waals surface area contributed by atoms with E-state index in [0.29, 0.717) is 11.8 Å². The molecule has 0 fully saturated rings. The van der Waals surface area contributed by atoms with Gasteiger partial charge < -0.3 is 4.74 Å². The monoisotopic (exact) mass is 166 g/mol. The van der Waals surface area contributed by atoms with Crippen molar-refractivity contribution in [3.05, 3.63) is 0 Å². The molecule has 9 heavy (non-hydrogen) atoms. The first-order valence-corrected chi connectivity index (χ1v) is 4.77. The Morgan fingerprint density at radius 3 is 2.00 bits per heavy atom. The quantitative estimate of drug-likeness (QED) is 0.508. The van der Waals surface area contributed by atoms with Gasteiger partial charge in [0.25, 0.3) is 0 Å². The summed E-state index contributed by atoms with van der Waals surface area (Å²) in [5.74, 6) is 0. The predicted octanol–water partition coefficient (Wildman–Crippen LogP) is 1.91. The van der Waals surface area contributed by atoms with Crippen molar-refractivity contribution in [1.29, 1.82) is 0 Å². The lowest BCUT2D eigenvalue weighted by atomic mass is 10.2. The molecule has 0 atom stereocenters. The summed E-state index contributed by atoms with van der Waals surface area (Å²) in [6, 6.07) is 0. The predicted molar refractivity (Wildman–Crippen MR) is 49.7 cm³/mol. The molecule has 3 heteroatoms. The van der Waals surface area contributed by atoms with Crippen LogP contribution in [-0.2, 0) is 4.74 Å². The highest BCUT2D eigenvalue weighted by molar-refractivity contribution is 8.22. The smallest absolute Gasteiger partial charge is 0.197 e. The molecule has 0 aliphatic rings. The Morgan fingerprint density at radius 2 is 1.89 bits per heavy atom. The molecule has 0 unspecified atom stereocenters. The van der Waals surface area contributed by atoms with Crippen molar-refractivity contribution in [2.45, 2.75) is 26.4 Å². The summed E-state index contributed by atoms with van der Waals surface area (Å²) in [5, 5.41) is 0. The Kier molecular flexibility index (Phi) is 3.51. The van der Waals surface area contributed by atoms with Gasteiger partial charge in [0, 0.05) is 0 Å². The number of rotatable bonds is 0. The van der Waals surface area contributed by atoms with E-state index in [1.54, 1.807) is 0 Å². The highest BCUT2D eigenvalue weighted by Crippen LogP contribution is 2.12. The third-order valence-corrected chi connectivity index (χ3v) is 1.81. The van der Waals surface area contributed by atoms with Crippen LogP contribution in [0.4, 0.5) is 0 Å². The molecule has 0 N–H and O–H groups in total. The van der Waals surface area contributed by atoms with E-state index in [-0.39, 0.29) is 5.60 Å². The zero-order chi connectivity index (χ0) is 7.49. The highest BCUT2D eigenvalue weighted by Gasteiger charge is 2.11. The van der Waals surface area contributed by atoms with E-state index in [4.69, 9.17) is 17.0 Å². The van der Waals surface area contributed by atoms with Crippen molar-refractivity contribution in [3.63, 3.8) is 0 Å². The van der Waals surface area contributed by atoms with Crippen molar-refractivity contribution in [2.75, 3.05) is 6.26 Å². The lowest BCUT2D eigenvalue weighted by molar-refractivity contribution is 0.127.